The summed E-state index contributed by atoms with van der Waals surface area (Å²) in [6.45, 7) is 7.93. The van der Waals surface area contributed by atoms with Gasteiger partial charge in [0.2, 0.25) is 5.91 Å². The Morgan fingerprint density at radius 2 is 2.12 bits per heavy atom. The van der Waals surface area contributed by atoms with E-state index >= 15 is 0 Å². The van der Waals surface area contributed by atoms with Crippen molar-refractivity contribution >= 4 is 29.3 Å². The minimum atomic E-state index is -0.828. The molecule has 0 atom stereocenters. The average molecular weight is 351 g/mol. The standard InChI is InChI=1S/C15H21N5O3S/c1-11(16-3)8-14(21)17-10-20-12(2)13(9-18-20)15(22)19-4-6-24(23)7-5-19/h8-9H,3-7,10H2,1-2H3,(H,17,21)/b11-8-. The fourth-order valence-corrected chi connectivity index (χ4v) is 3.32. The molecule has 9 heteroatoms. The Hall–Kier alpha value is -2.29. The molecule has 8 nitrogen and oxygen atoms in total. The zero-order valence-electron chi connectivity index (χ0n) is 13.8. The SMILES string of the molecule is C=N/C(C)=C\C(=O)NCn1ncc(C(=O)N2CCS(=O)CC2)c1C. The molecule has 0 bridgehead atoms. The second-order valence-electron chi connectivity index (χ2n) is 5.43. The van der Waals surface area contributed by atoms with Crippen LogP contribution in [0.3, 0.4) is 0 Å². The molecule has 1 fully saturated rings. The molecule has 0 saturated carbocycles. The average Bonchev–Trinajstić information content (AvgIpc) is 2.93. The van der Waals surface area contributed by atoms with Crippen LogP contribution >= 0.6 is 0 Å². The van der Waals surface area contributed by atoms with Crippen LogP contribution in [0, 0.1) is 6.92 Å². The Morgan fingerprint density at radius 3 is 2.75 bits per heavy atom. The number of aromatic nitrogens is 2. The van der Waals surface area contributed by atoms with Gasteiger partial charge in [-0.05, 0) is 20.6 Å². The van der Waals surface area contributed by atoms with Gasteiger partial charge in [-0.25, -0.2) is 4.68 Å². The molecule has 0 aromatic carbocycles. The van der Waals surface area contributed by atoms with E-state index in [2.05, 4.69) is 22.1 Å². The lowest BCUT2D eigenvalue weighted by Crippen LogP contribution is -2.42. The van der Waals surface area contributed by atoms with Crippen molar-refractivity contribution in [2.45, 2.75) is 20.5 Å². The van der Waals surface area contributed by atoms with Gasteiger partial charge in [0, 0.05) is 47.2 Å². The maximum absolute atomic E-state index is 12.5. The maximum Gasteiger partial charge on any atom is 0.257 e. The van der Waals surface area contributed by atoms with Gasteiger partial charge in [-0.1, -0.05) is 0 Å². The summed E-state index contributed by atoms with van der Waals surface area (Å²) >= 11 is 0. The number of allylic oxidation sites excluding steroid dienone is 1. The van der Waals surface area contributed by atoms with E-state index in [1.165, 1.54) is 12.3 Å². The molecule has 0 radical (unpaired) electrons. The van der Waals surface area contributed by atoms with Crippen LogP contribution < -0.4 is 5.32 Å². The Balaban J connectivity index is 2.00. The number of hydrogen-bond donors (Lipinski definition) is 1. The molecule has 1 aliphatic rings. The van der Waals surface area contributed by atoms with Gasteiger partial charge in [0.1, 0.15) is 6.67 Å². The normalized spacial score (nSPS) is 16.1. The maximum atomic E-state index is 12.5. The lowest BCUT2D eigenvalue weighted by Gasteiger charge is -2.26. The zero-order chi connectivity index (χ0) is 17.7. The fraction of sp³-hybridized carbons (Fsp3) is 0.467. The van der Waals surface area contributed by atoms with E-state index in [1.54, 1.807) is 23.4 Å². The van der Waals surface area contributed by atoms with Gasteiger partial charge in [-0.3, -0.25) is 18.8 Å². The number of carbonyl (C=O) groups is 2. The smallest absolute Gasteiger partial charge is 0.257 e. The third-order valence-electron chi connectivity index (χ3n) is 3.79. The van der Waals surface area contributed by atoms with Crippen molar-refractivity contribution in [2.75, 3.05) is 24.6 Å². The molecule has 0 unspecified atom stereocenters. The number of hydrogen-bond acceptors (Lipinski definition) is 5. The van der Waals surface area contributed by atoms with Crippen molar-refractivity contribution in [2.24, 2.45) is 4.99 Å². The first kappa shape index (κ1) is 18.1. The Bertz CT molecular complexity index is 700. The lowest BCUT2D eigenvalue weighted by atomic mass is 10.2. The Labute approximate surface area is 143 Å². The number of rotatable bonds is 5. The quantitative estimate of drug-likeness (QED) is 0.600. The molecular formula is C15H21N5O3S. The Morgan fingerprint density at radius 1 is 1.46 bits per heavy atom. The predicted octanol–water partition coefficient (Wildman–Crippen LogP) is 0.0741. The van der Waals surface area contributed by atoms with E-state index in [0.717, 1.165) is 0 Å². The molecule has 1 aromatic heterocycles. The van der Waals surface area contributed by atoms with E-state index in [4.69, 9.17) is 0 Å². The lowest BCUT2D eigenvalue weighted by molar-refractivity contribution is -0.117. The molecule has 2 rings (SSSR count). The molecule has 0 aliphatic carbocycles. The van der Waals surface area contributed by atoms with Crippen molar-refractivity contribution in [3.05, 3.63) is 29.2 Å². The van der Waals surface area contributed by atoms with Crippen LogP contribution in [0.2, 0.25) is 0 Å². The van der Waals surface area contributed by atoms with Gasteiger partial charge in [-0.2, -0.15) is 5.10 Å². The molecule has 24 heavy (non-hydrogen) atoms. The summed E-state index contributed by atoms with van der Waals surface area (Å²) in [5, 5.41) is 6.83. The van der Waals surface area contributed by atoms with Crippen molar-refractivity contribution in [3.8, 4) is 0 Å². The molecule has 1 aliphatic heterocycles. The van der Waals surface area contributed by atoms with Gasteiger partial charge >= 0.3 is 0 Å². The zero-order valence-corrected chi connectivity index (χ0v) is 14.6. The second kappa shape index (κ2) is 8.00. The van der Waals surface area contributed by atoms with E-state index in [9.17, 15) is 13.8 Å². The molecule has 2 amide bonds. The number of carbonyl (C=O) groups excluding carboxylic acids is 2. The van der Waals surface area contributed by atoms with Crippen LogP contribution in [0.1, 0.15) is 23.0 Å². The number of aliphatic imine (C=N–C) groups is 1. The summed E-state index contributed by atoms with van der Waals surface area (Å²) in [7, 11) is -0.828. The molecule has 130 valence electrons. The van der Waals surface area contributed by atoms with E-state index in [-0.39, 0.29) is 18.5 Å². The molecule has 1 saturated heterocycles. The summed E-state index contributed by atoms with van der Waals surface area (Å²) in [4.78, 5) is 29.5. The monoisotopic (exact) mass is 351 g/mol. The molecular weight excluding hydrogens is 330 g/mol. The van der Waals surface area contributed by atoms with Crippen molar-refractivity contribution in [1.82, 2.24) is 20.0 Å². The van der Waals surface area contributed by atoms with Crippen LogP contribution in [0.25, 0.3) is 0 Å². The first-order chi connectivity index (χ1) is 11.4. The van der Waals surface area contributed by atoms with Crippen LogP contribution in [0.15, 0.2) is 23.0 Å². The molecule has 1 N–H and O–H groups in total. The molecule has 0 spiro atoms. The molecule has 2 heterocycles. The van der Waals surface area contributed by atoms with Gasteiger partial charge < -0.3 is 10.2 Å². The van der Waals surface area contributed by atoms with E-state index < -0.39 is 10.8 Å². The van der Waals surface area contributed by atoms with Crippen LogP contribution in [0.4, 0.5) is 0 Å². The number of nitrogens with one attached hydrogen (secondary N) is 1. The van der Waals surface area contributed by atoms with Crippen LogP contribution in [-0.4, -0.2) is 62.0 Å². The summed E-state index contributed by atoms with van der Waals surface area (Å²) in [6, 6.07) is 0. The highest BCUT2D eigenvalue weighted by molar-refractivity contribution is 7.85. The van der Waals surface area contributed by atoms with Crippen molar-refractivity contribution in [1.29, 1.82) is 0 Å². The fourth-order valence-electron chi connectivity index (χ4n) is 2.27. The minimum absolute atomic E-state index is 0.117. The third-order valence-corrected chi connectivity index (χ3v) is 5.07. The van der Waals surface area contributed by atoms with E-state index in [0.29, 0.717) is 41.5 Å². The predicted molar refractivity (Wildman–Crippen MR) is 92.2 cm³/mol. The number of amides is 2. The summed E-state index contributed by atoms with van der Waals surface area (Å²) in [5.74, 6) is 0.602. The first-order valence-electron chi connectivity index (χ1n) is 7.52. The Kier molecular flexibility index (Phi) is 6.02. The highest BCUT2D eigenvalue weighted by Gasteiger charge is 2.24. The summed E-state index contributed by atoms with van der Waals surface area (Å²) in [5.41, 5.74) is 1.69. The van der Waals surface area contributed by atoms with Crippen LogP contribution in [-0.2, 0) is 22.3 Å². The van der Waals surface area contributed by atoms with Crippen LogP contribution in [0.5, 0.6) is 0 Å². The minimum Gasteiger partial charge on any atom is -0.337 e. The van der Waals surface area contributed by atoms with Crippen molar-refractivity contribution < 1.29 is 13.8 Å². The highest BCUT2D eigenvalue weighted by atomic mass is 32.2. The third kappa shape index (κ3) is 4.38. The summed E-state index contributed by atoms with van der Waals surface area (Å²) < 4.78 is 12.9. The highest BCUT2D eigenvalue weighted by Crippen LogP contribution is 2.12. The first-order valence-corrected chi connectivity index (χ1v) is 9.00. The van der Waals surface area contributed by atoms with Crippen molar-refractivity contribution in [3.63, 3.8) is 0 Å². The second-order valence-corrected chi connectivity index (χ2v) is 7.12. The summed E-state index contributed by atoms with van der Waals surface area (Å²) in [6.07, 6.45) is 2.84. The largest absolute Gasteiger partial charge is 0.337 e. The van der Waals surface area contributed by atoms with Gasteiger partial charge in [0.05, 0.1) is 17.5 Å². The van der Waals surface area contributed by atoms with Gasteiger partial charge in [0.15, 0.2) is 0 Å². The number of nitrogens with zero attached hydrogens (tertiary/aromatic N) is 4. The van der Waals surface area contributed by atoms with E-state index in [1.807, 2.05) is 0 Å². The van der Waals surface area contributed by atoms with Gasteiger partial charge in [0.25, 0.3) is 5.91 Å². The van der Waals surface area contributed by atoms with Gasteiger partial charge in [-0.15, -0.1) is 0 Å². The topological polar surface area (TPSA) is 96.7 Å². The molecule has 1 aromatic rings.